The Morgan fingerprint density at radius 2 is 1.82 bits per heavy atom. The van der Waals surface area contributed by atoms with Crippen LogP contribution in [0.5, 0.6) is 0 Å². The molecule has 4 rings (SSSR count). The first-order chi connectivity index (χ1) is 15.8. The predicted molar refractivity (Wildman–Crippen MR) is 123 cm³/mol. The number of aliphatic hydroxyl groups excluding tert-OH is 1. The van der Waals surface area contributed by atoms with Gasteiger partial charge >= 0.3 is 0 Å². The van der Waals surface area contributed by atoms with Gasteiger partial charge < -0.3 is 19.9 Å². The predicted octanol–water partition coefficient (Wildman–Crippen LogP) is 2.23. The van der Waals surface area contributed by atoms with E-state index < -0.39 is 15.9 Å². The molecule has 2 N–H and O–H groups in total. The summed E-state index contributed by atoms with van der Waals surface area (Å²) in [4.78, 5) is 14.7. The van der Waals surface area contributed by atoms with E-state index >= 15 is 0 Å². The minimum absolute atomic E-state index is 0.110. The number of carbonyl (C=O) groups is 1. The number of sulfonamides is 1. The van der Waals surface area contributed by atoms with E-state index in [1.807, 2.05) is 4.90 Å². The van der Waals surface area contributed by atoms with Gasteiger partial charge in [0.1, 0.15) is 16.4 Å². The molecule has 0 spiro atoms. The first kappa shape index (κ1) is 23.7. The number of halogens is 1. The van der Waals surface area contributed by atoms with Crippen LogP contribution in [0.3, 0.4) is 0 Å². The number of aryl methyl sites for hydroxylation is 1. The number of nitrogens with one attached hydrogen (secondary N) is 1. The monoisotopic (exact) mass is 478 g/mol. The molecule has 0 saturated carbocycles. The van der Waals surface area contributed by atoms with Crippen LogP contribution in [-0.2, 0) is 23.6 Å². The first-order valence-electron chi connectivity index (χ1n) is 11.4. The summed E-state index contributed by atoms with van der Waals surface area (Å²) in [6, 6.07) is 6.26. The number of hydrogen-bond acceptors (Lipinski definition) is 5. The molecule has 180 valence electrons. The Morgan fingerprint density at radius 3 is 2.48 bits per heavy atom. The highest BCUT2D eigenvalue weighted by Gasteiger charge is 2.28. The molecular weight excluding hydrogens is 447 g/mol. The van der Waals surface area contributed by atoms with E-state index in [-0.39, 0.29) is 29.1 Å². The summed E-state index contributed by atoms with van der Waals surface area (Å²) in [6.45, 7) is 2.32. The lowest BCUT2D eigenvalue weighted by atomic mass is 10.1. The maximum Gasteiger partial charge on any atom is 0.268 e. The van der Waals surface area contributed by atoms with Crippen molar-refractivity contribution in [1.82, 2.24) is 14.2 Å². The normalized spacial score (nSPS) is 18.5. The van der Waals surface area contributed by atoms with Gasteiger partial charge in [-0.15, -0.1) is 0 Å². The second-order valence-corrected chi connectivity index (χ2v) is 10.8. The molecule has 0 unspecified atom stereocenters. The number of amides is 1. The second-order valence-electron chi connectivity index (χ2n) is 8.82. The van der Waals surface area contributed by atoms with Gasteiger partial charge in [0.05, 0.1) is 11.8 Å². The molecule has 0 radical (unpaired) electrons. The zero-order valence-corrected chi connectivity index (χ0v) is 19.7. The average Bonchev–Trinajstić information content (AvgIpc) is 3.21. The van der Waals surface area contributed by atoms with E-state index in [2.05, 4.69) is 5.32 Å². The smallest absolute Gasteiger partial charge is 0.268 e. The van der Waals surface area contributed by atoms with Crippen LogP contribution in [0.15, 0.2) is 35.4 Å². The van der Waals surface area contributed by atoms with Crippen LogP contribution < -0.4 is 10.2 Å². The molecule has 2 aromatic rings. The number of piperidine rings is 2. The first-order valence-corrected chi connectivity index (χ1v) is 12.9. The number of rotatable bonds is 6. The minimum Gasteiger partial charge on any atom is -0.393 e. The number of hydrogen-bond donors (Lipinski definition) is 2. The maximum atomic E-state index is 14.7. The summed E-state index contributed by atoms with van der Waals surface area (Å²) in [6.07, 6.45) is 5.07. The molecule has 0 atom stereocenters. The number of nitrogens with zero attached hydrogens (tertiary/aromatic N) is 3. The van der Waals surface area contributed by atoms with Crippen molar-refractivity contribution in [2.45, 2.75) is 49.6 Å². The van der Waals surface area contributed by atoms with Gasteiger partial charge in [-0.2, -0.15) is 4.31 Å². The van der Waals surface area contributed by atoms with Gasteiger partial charge in [0.25, 0.3) is 5.91 Å². The summed E-state index contributed by atoms with van der Waals surface area (Å²) in [7, 11) is -1.99. The van der Waals surface area contributed by atoms with Gasteiger partial charge in [-0.25, -0.2) is 12.8 Å². The SMILES string of the molecule is Cn1cc(S(=O)(=O)N2CCCCC2)cc1C(=O)NCc1ccc(N2CCC(O)CC2)c(F)c1. The standard InChI is InChI=1S/C23H31FN4O4S/c1-26-16-19(33(31,32)28-9-3-2-4-10-28)14-22(26)23(30)25-15-17-5-6-21(20(24)13-17)27-11-7-18(29)8-12-27/h5-6,13-14,16,18,29H,2-4,7-12,15H2,1H3,(H,25,30). The highest BCUT2D eigenvalue weighted by Crippen LogP contribution is 2.25. The van der Waals surface area contributed by atoms with E-state index in [9.17, 15) is 22.7 Å². The van der Waals surface area contributed by atoms with Gasteiger partial charge in [0.2, 0.25) is 10.0 Å². The van der Waals surface area contributed by atoms with Gasteiger partial charge in [-0.05, 0) is 49.4 Å². The fourth-order valence-corrected chi connectivity index (χ4v) is 6.04. The third-order valence-corrected chi connectivity index (χ3v) is 8.30. The van der Waals surface area contributed by atoms with Crippen molar-refractivity contribution in [2.75, 3.05) is 31.1 Å². The van der Waals surface area contributed by atoms with Crippen LogP contribution >= 0.6 is 0 Å². The zero-order chi connectivity index (χ0) is 23.6. The molecule has 3 heterocycles. The number of anilines is 1. The zero-order valence-electron chi connectivity index (χ0n) is 18.8. The molecule has 2 aliphatic rings. The van der Waals surface area contributed by atoms with Gasteiger partial charge in [-0.3, -0.25) is 4.79 Å². The molecule has 2 aliphatic heterocycles. The lowest BCUT2D eigenvalue weighted by Crippen LogP contribution is -2.36. The third kappa shape index (κ3) is 5.23. The number of aromatic nitrogens is 1. The molecule has 33 heavy (non-hydrogen) atoms. The molecule has 2 fully saturated rings. The van der Waals surface area contributed by atoms with Crippen LogP contribution in [0.4, 0.5) is 10.1 Å². The Morgan fingerprint density at radius 1 is 1.12 bits per heavy atom. The van der Waals surface area contributed by atoms with E-state index in [0.717, 1.165) is 19.3 Å². The fraction of sp³-hybridized carbons (Fsp3) is 0.522. The highest BCUT2D eigenvalue weighted by molar-refractivity contribution is 7.89. The highest BCUT2D eigenvalue weighted by atomic mass is 32.2. The molecule has 8 nitrogen and oxygen atoms in total. The lowest BCUT2D eigenvalue weighted by molar-refractivity contribution is 0.0942. The van der Waals surface area contributed by atoms with Crippen molar-refractivity contribution >= 4 is 21.6 Å². The second kappa shape index (κ2) is 9.82. The van der Waals surface area contributed by atoms with Crippen molar-refractivity contribution < 1.29 is 22.7 Å². The van der Waals surface area contributed by atoms with E-state index in [0.29, 0.717) is 50.3 Å². The summed E-state index contributed by atoms with van der Waals surface area (Å²) in [5.74, 6) is -0.793. The molecule has 0 aliphatic carbocycles. The van der Waals surface area contributed by atoms with E-state index in [4.69, 9.17) is 0 Å². The van der Waals surface area contributed by atoms with Crippen molar-refractivity contribution in [3.8, 4) is 0 Å². The fourth-order valence-electron chi connectivity index (χ4n) is 4.45. The third-order valence-electron chi connectivity index (χ3n) is 6.44. The van der Waals surface area contributed by atoms with Crippen molar-refractivity contribution in [3.05, 3.63) is 47.5 Å². The molecule has 0 bridgehead atoms. The Labute approximate surface area is 194 Å². The summed E-state index contributed by atoms with van der Waals surface area (Å²) >= 11 is 0. The van der Waals surface area contributed by atoms with Crippen LogP contribution in [0.2, 0.25) is 0 Å². The summed E-state index contributed by atoms with van der Waals surface area (Å²) < 4.78 is 43.4. The van der Waals surface area contributed by atoms with Gasteiger partial charge in [0, 0.05) is 46.0 Å². The quantitative estimate of drug-likeness (QED) is 0.664. The summed E-state index contributed by atoms with van der Waals surface area (Å²) in [5, 5.41) is 12.4. The minimum atomic E-state index is -3.63. The van der Waals surface area contributed by atoms with Crippen LogP contribution in [-0.4, -0.2) is 60.6 Å². The van der Waals surface area contributed by atoms with Crippen molar-refractivity contribution in [2.24, 2.45) is 7.05 Å². The Hall–Kier alpha value is -2.43. The molecule has 1 aromatic carbocycles. The van der Waals surface area contributed by atoms with E-state index in [1.165, 1.54) is 27.2 Å². The van der Waals surface area contributed by atoms with Crippen molar-refractivity contribution in [1.29, 1.82) is 0 Å². The average molecular weight is 479 g/mol. The lowest BCUT2D eigenvalue weighted by Gasteiger charge is -2.31. The summed E-state index contributed by atoms with van der Waals surface area (Å²) in [5.41, 5.74) is 1.33. The Bertz CT molecular complexity index is 1100. The number of benzene rings is 1. The van der Waals surface area contributed by atoms with Crippen LogP contribution in [0.1, 0.15) is 48.2 Å². The van der Waals surface area contributed by atoms with Gasteiger partial charge in [0.15, 0.2) is 0 Å². The Balaban J connectivity index is 1.40. The van der Waals surface area contributed by atoms with Crippen LogP contribution in [0.25, 0.3) is 0 Å². The molecule has 10 heteroatoms. The Kier molecular flexibility index (Phi) is 7.06. The van der Waals surface area contributed by atoms with Crippen molar-refractivity contribution in [3.63, 3.8) is 0 Å². The largest absolute Gasteiger partial charge is 0.393 e. The van der Waals surface area contributed by atoms with Gasteiger partial charge in [-0.1, -0.05) is 12.5 Å². The molecular formula is C23H31FN4O4S. The van der Waals surface area contributed by atoms with E-state index in [1.54, 1.807) is 19.2 Å². The van der Waals surface area contributed by atoms with Crippen LogP contribution in [0, 0.1) is 5.82 Å². The molecule has 1 aromatic heterocycles. The number of carbonyl (C=O) groups excluding carboxylic acids is 1. The molecule has 1 amide bonds. The molecule has 2 saturated heterocycles. The maximum absolute atomic E-state index is 14.7. The number of aliphatic hydroxyl groups is 1. The topological polar surface area (TPSA) is 94.9 Å².